The molecule has 0 N–H and O–H groups in total. The molecule has 1 aromatic carbocycles. The van der Waals surface area contributed by atoms with Gasteiger partial charge in [0.2, 0.25) is 0 Å². The van der Waals surface area contributed by atoms with Gasteiger partial charge in [-0.3, -0.25) is 0 Å². The Balaban J connectivity index is 2.49. The van der Waals surface area contributed by atoms with Crippen LogP contribution in [0.5, 0.6) is 5.75 Å². The van der Waals surface area contributed by atoms with Crippen molar-refractivity contribution in [1.29, 1.82) is 5.26 Å². The average molecular weight is 265 g/mol. The second kappa shape index (κ2) is 4.29. The molecule has 2 rings (SSSR count). The Labute approximate surface area is 107 Å². The number of nitriles is 1. The maximum absolute atomic E-state index is 12.5. The fraction of sp³-hybridized carbons (Fsp3) is 0.462. The van der Waals surface area contributed by atoms with E-state index in [0.717, 1.165) is 12.0 Å². The summed E-state index contributed by atoms with van der Waals surface area (Å²) in [5.74, 6) is 0.647. The summed E-state index contributed by atoms with van der Waals surface area (Å²) in [4.78, 5) is 0.210. The van der Waals surface area contributed by atoms with Gasteiger partial charge in [0.15, 0.2) is 14.6 Å². The van der Waals surface area contributed by atoms with Crippen molar-refractivity contribution in [1.82, 2.24) is 0 Å². The minimum Gasteiger partial charge on any atom is -0.496 e. The molecule has 0 bridgehead atoms. The van der Waals surface area contributed by atoms with Crippen LogP contribution in [0, 0.1) is 18.3 Å². The molecule has 1 aliphatic rings. The zero-order valence-corrected chi connectivity index (χ0v) is 11.3. The lowest BCUT2D eigenvalue weighted by atomic mass is 9.86. The topological polar surface area (TPSA) is 67.2 Å². The summed E-state index contributed by atoms with van der Waals surface area (Å²) in [6.45, 7) is 1.79. The minimum atomic E-state index is -3.58. The Morgan fingerprint density at radius 1 is 1.39 bits per heavy atom. The van der Waals surface area contributed by atoms with Crippen molar-refractivity contribution in [3.05, 3.63) is 23.8 Å². The molecular weight excluding hydrogens is 250 g/mol. The summed E-state index contributed by atoms with van der Waals surface area (Å²) in [6, 6.07) is 6.70. The van der Waals surface area contributed by atoms with E-state index in [-0.39, 0.29) is 4.90 Å². The number of nitrogens with zero attached hydrogens (tertiary/aromatic N) is 1. The minimum absolute atomic E-state index is 0.210. The molecule has 1 aliphatic carbocycles. The van der Waals surface area contributed by atoms with E-state index in [1.165, 1.54) is 6.07 Å². The first-order valence-corrected chi connectivity index (χ1v) is 7.26. The van der Waals surface area contributed by atoms with Gasteiger partial charge in [0.25, 0.3) is 0 Å². The molecule has 0 atom stereocenters. The summed E-state index contributed by atoms with van der Waals surface area (Å²) < 4.78 is 28.8. The van der Waals surface area contributed by atoms with Gasteiger partial charge in [-0.1, -0.05) is 0 Å². The van der Waals surface area contributed by atoms with Crippen LogP contribution in [0.25, 0.3) is 0 Å². The molecule has 0 aromatic heterocycles. The zero-order valence-electron chi connectivity index (χ0n) is 10.4. The summed E-state index contributed by atoms with van der Waals surface area (Å²) in [7, 11) is -2.04. The maximum atomic E-state index is 12.5. The van der Waals surface area contributed by atoms with Crippen LogP contribution in [-0.2, 0) is 9.84 Å². The van der Waals surface area contributed by atoms with Crippen molar-refractivity contribution < 1.29 is 13.2 Å². The Kier molecular flexibility index (Phi) is 3.07. The second-order valence-corrected chi connectivity index (χ2v) is 6.85. The standard InChI is InChI=1S/C13H15NO3S/c1-10-8-11(4-5-12(10)17-2)18(15,16)13(9-14)6-3-7-13/h4-5,8H,3,6-7H2,1-2H3. The number of aryl methyl sites for hydroxylation is 1. The number of hydrogen-bond acceptors (Lipinski definition) is 4. The second-order valence-electron chi connectivity index (χ2n) is 4.59. The van der Waals surface area contributed by atoms with Crippen LogP contribution >= 0.6 is 0 Å². The third kappa shape index (κ3) is 1.68. The van der Waals surface area contributed by atoms with Crippen molar-refractivity contribution >= 4 is 9.84 Å². The quantitative estimate of drug-likeness (QED) is 0.840. The lowest BCUT2D eigenvalue weighted by Crippen LogP contribution is -2.43. The first-order valence-electron chi connectivity index (χ1n) is 5.77. The summed E-state index contributed by atoms with van der Waals surface area (Å²) in [5, 5.41) is 9.15. The molecule has 1 aromatic rings. The molecule has 0 unspecified atom stereocenters. The van der Waals surface area contributed by atoms with Gasteiger partial charge in [-0.25, -0.2) is 8.42 Å². The summed E-state index contributed by atoms with van der Waals surface area (Å²) in [6.07, 6.45) is 1.65. The zero-order chi connectivity index (χ0) is 13.4. The molecule has 1 saturated carbocycles. The smallest absolute Gasteiger partial charge is 0.197 e. The van der Waals surface area contributed by atoms with E-state index in [1.54, 1.807) is 26.2 Å². The molecule has 0 aliphatic heterocycles. The predicted molar refractivity (Wildman–Crippen MR) is 67.1 cm³/mol. The first kappa shape index (κ1) is 12.9. The van der Waals surface area contributed by atoms with Crippen molar-refractivity contribution in [2.24, 2.45) is 0 Å². The van der Waals surface area contributed by atoms with Crippen LogP contribution in [0.4, 0.5) is 0 Å². The van der Waals surface area contributed by atoms with Crippen LogP contribution in [-0.4, -0.2) is 20.3 Å². The van der Waals surface area contributed by atoms with E-state index in [9.17, 15) is 8.42 Å². The third-order valence-corrected chi connectivity index (χ3v) is 5.96. The highest BCUT2D eigenvalue weighted by Gasteiger charge is 2.50. The number of rotatable bonds is 3. The SMILES string of the molecule is COc1ccc(S(=O)(=O)C2(C#N)CCC2)cc1C. The van der Waals surface area contributed by atoms with Gasteiger partial charge in [-0.05, 0) is 49.9 Å². The summed E-state index contributed by atoms with van der Waals surface area (Å²) >= 11 is 0. The van der Waals surface area contributed by atoms with Gasteiger partial charge in [0.1, 0.15) is 5.75 Å². The molecule has 1 fully saturated rings. The molecule has 0 spiro atoms. The highest BCUT2D eigenvalue weighted by molar-refractivity contribution is 7.93. The fourth-order valence-electron chi connectivity index (χ4n) is 2.18. The Bertz CT molecular complexity index is 610. The Morgan fingerprint density at radius 2 is 2.06 bits per heavy atom. The van der Waals surface area contributed by atoms with E-state index < -0.39 is 14.6 Å². The van der Waals surface area contributed by atoms with Gasteiger partial charge in [0, 0.05) is 0 Å². The van der Waals surface area contributed by atoms with Crippen LogP contribution < -0.4 is 4.74 Å². The van der Waals surface area contributed by atoms with E-state index in [0.29, 0.717) is 18.6 Å². The van der Waals surface area contributed by atoms with E-state index in [2.05, 4.69) is 0 Å². The average Bonchev–Trinajstić information content (AvgIpc) is 2.27. The molecule has 0 saturated heterocycles. The van der Waals surface area contributed by atoms with Crippen LogP contribution in [0.3, 0.4) is 0 Å². The van der Waals surface area contributed by atoms with E-state index in [4.69, 9.17) is 10.00 Å². The highest BCUT2D eigenvalue weighted by Crippen LogP contribution is 2.42. The molecular formula is C13H15NO3S. The van der Waals surface area contributed by atoms with E-state index in [1.807, 2.05) is 6.07 Å². The normalized spacial score (nSPS) is 17.6. The monoisotopic (exact) mass is 265 g/mol. The van der Waals surface area contributed by atoms with Gasteiger partial charge in [-0.2, -0.15) is 5.26 Å². The third-order valence-electron chi connectivity index (χ3n) is 3.56. The van der Waals surface area contributed by atoms with Crippen molar-refractivity contribution in [2.45, 2.75) is 35.8 Å². The number of methoxy groups -OCH3 is 1. The van der Waals surface area contributed by atoms with Gasteiger partial charge < -0.3 is 4.74 Å². The lowest BCUT2D eigenvalue weighted by Gasteiger charge is -2.34. The Morgan fingerprint density at radius 3 is 2.44 bits per heavy atom. The first-order chi connectivity index (χ1) is 8.47. The van der Waals surface area contributed by atoms with E-state index >= 15 is 0 Å². The highest BCUT2D eigenvalue weighted by atomic mass is 32.2. The Hall–Kier alpha value is -1.54. The molecule has 0 radical (unpaired) electrons. The van der Waals surface area contributed by atoms with Gasteiger partial charge in [-0.15, -0.1) is 0 Å². The number of sulfone groups is 1. The summed E-state index contributed by atoms with van der Waals surface area (Å²) in [5.41, 5.74) is 0.756. The number of benzene rings is 1. The molecule has 0 amide bonds. The molecule has 96 valence electrons. The lowest BCUT2D eigenvalue weighted by molar-refractivity contribution is 0.405. The van der Waals surface area contributed by atoms with Crippen LogP contribution in [0.1, 0.15) is 24.8 Å². The fourth-order valence-corrected chi connectivity index (χ4v) is 4.16. The molecule has 0 heterocycles. The molecule has 4 nitrogen and oxygen atoms in total. The van der Waals surface area contributed by atoms with Crippen LogP contribution in [0.2, 0.25) is 0 Å². The number of hydrogen-bond donors (Lipinski definition) is 0. The number of ether oxygens (including phenoxy) is 1. The molecule has 18 heavy (non-hydrogen) atoms. The predicted octanol–water partition coefficient (Wildman–Crippen LogP) is 2.22. The van der Waals surface area contributed by atoms with Crippen LogP contribution in [0.15, 0.2) is 23.1 Å². The molecule has 5 heteroatoms. The maximum Gasteiger partial charge on any atom is 0.197 e. The van der Waals surface area contributed by atoms with Crippen molar-refractivity contribution in [3.8, 4) is 11.8 Å². The van der Waals surface area contributed by atoms with Crippen molar-refractivity contribution in [2.75, 3.05) is 7.11 Å². The van der Waals surface area contributed by atoms with Crippen molar-refractivity contribution in [3.63, 3.8) is 0 Å². The van der Waals surface area contributed by atoms with Gasteiger partial charge in [0.05, 0.1) is 18.1 Å². The largest absolute Gasteiger partial charge is 0.496 e. The van der Waals surface area contributed by atoms with Gasteiger partial charge >= 0.3 is 0 Å².